The van der Waals surface area contributed by atoms with Crippen molar-refractivity contribution < 1.29 is 0 Å². The van der Waals surface area contributed by atoms with Crippen LogP contribution in [0.5, 0.6) is 0 Å². The maximum atomic E-state index is 6.30. The van der Waals surface area contributed by atoms with Gasteiger partial charge in [-0.25, -0.2) is 4.98 Å². The molecule has 0 radical (unpaired) electrons. The van der Waals surface area contributed by atoms with Gasteiger partial charge in [0.25, 0.3) is 0 Å². The van der Waals surface area contributed by atoms with Crippen LogP contribution in [0, 0.1) is 0 Å². The number of halogens is 1. The van der Waals surface area contributed by atoms with E-state index in [4.69, 9.17) is 16.6 Å². The third-order valence-electron chi connectivity index (χ3n) is 4.85. The fourth-order valence-corrected chi connectivity index (χ4v) is 3.63. The topological polar surface area (TPSA) is 38.7 Å². The summed E-state index contributed by atoms with van der Waals surface area (Å²) < 4.78 is 0. The van der Waals surface area contributed by atoms with Crippen molar-refractivity contribution in [3.8, 4) is 33.9 Å². The summed E-state index contributed by atoms with van der Waals surface area (Å²) in [6.07, 6.45) is 0. The lowest BCUT2D eigenvalue weighted by Crippen LogP contribution is -1.98. The van der Waals surface area contributed by atoms with Gasteiger partial charge >= 0.3 is 0 Å². The first-order valence-electron chi connectivity index (χ1n) is 9.33. The Bertz CT molecular complexity index is 1300. The van der Waals surface area contributed by atoms with Crippen molar-refractivity contribution >= 4 is 22.4 Å². The van der Waals surface area contributed by atoms with Crippen molar-refractivity contribution in [3.05, 3.63) is 102 Å². The molecule has 0 aliphatic rings. The zero-order chi connectivity index (χ0) is 19.6. The summed E-state index contributed by atoms with van der Waals surface area (Å²) in [5, 5.41) is 2.47. The van der Waals surface area contributed by atoms with Crippen molar-refractivity contribution in [1.29, 1.82) is 0 Å². The predicted octanol–water partition coefficient (Wildman–Crippen LogP) is 6.68. The van der Waals surface area contributed by atoms with Gasteiger partial charge in [-0.15, -0.1) is 0 Å². The second-order valence-corrected chi connectivity index (χ2v) is 7.07. The lowest BCUT2D eigenvalue weighted by molar-refractivity contribution is 1.07. The third-order valence-corrected chi connectivity index (χ3v) is 5.02. The molecule has 29 heavy (non-hydrogen) atoms. The molecule has 1 aromatic heterocycles. The molecule has 5 rings (SSSR count). The minimum absolute atomic E-state index is 0.182. The molecule has 0 amide bonds. The number of benzene rings is 4. The van der Waals surface area contributed by atoms with Crippen LogP contribution in [-0.2, 0) is 0 Å². The van der Waals surface area contributed by atoms with E-state index < -0.39 is 0 Å². The van der Waals surface area contributed by atoms with Crippen molar-refractivity contribution in [1.82, 2.24) is 15.0 Å². The molecule has 0 N–H and O–H groups in total. The Balaban J connectivity index is 1.77. The molecule has 0 saturated carbocycles. The molecule has 0 spiro atoms. The second-order valence-electron chi connectivity index (χ2n) is 6.73. The zero-order valence-corrected chi connectivity index (χ0v) is 16.2. The van der Waals surface area contributed by atoms with Gasteiger partial charge < -0.3 is 0 Å². The Hall–Kier alpha value is -3.56. The Morgan fingerprint density at radius 3 is 1.66 bits per heavy atom. The van der Waals surface area contributed by atoms with E-state index in [0.717, 1.165) is 27.6 Å². The maximum Gasteiger partial charge on any atom is 0.226 e. The Kier molecular flexibility index (Phi) is 4.51. The monoisotopic (exact) mass is 393 g/mol. The van der Waals surface area contributed by atoms with Gasteiger partial charge in [-0.05, 0) is 45.6 Å². The molecule has 4 heteroatoms. The van der Waals surface area contributed by atoms with E-state index in [2.05, 4.69) is 46.4 Å². The van der Waals surface area contributed by atoms with Crippen LogP contribution in [0.25, 0.3) is 44.7 Å². The Labute approximate surface area is 173 Å². The van der Waals surface area contributed by atoms with Crippen LogP contribution >= 0.6 is 11.6 Å². The number of fused-ring (bicyclic) bond motifs is 1. The summed E-state index contributed by atoms with van der Waals surface area (Å²) in [5.41, 5.74) is 3.99. The summed E-state index contributed by atoms with van der Waals surface area (Å²) in [6, 6.07) is 32.7. The maximum absolute atomic E-state index is 6.30. The van der Waals surface area contributed by atoms with Crippen LogP contribution in [-0.4, -0.2) is 15.0 Å². The standard InChI is InChI=1S/C25H16ClN3/c26-25-28-23(18-11-5-2-6-12-18)27-24(29-25)22-16-20-14-8-7-13-19(20)15-21(22)17-9-3-1-4-10-17/h1-16H. The van der Waals surface area contributed by atoms with Gasteiger partial charge in [-0.2, -0.15) is 9.97 Å². The van der Waals surface area contributed by atoms with Gasteiger partial charge in [-0.3, -0.25) is 0 Å². The molecule has 0 aliphatic carbocycles. The minimum atomic E-state index is 0.182. The molecular weight excluding hydrogens is 378 g/mol. The van der Waals surface area contributed by atoms with Gasteiger partial charge in [0, 0.05) is 11.1 Å². The number of hydrogen-bond donors (Lipinski definition) is 0. The SMILES string of the molecule is Clc1nc(-c2ccccc2)nc(-c2cc3ccccc3cc2-c2ccccc2)n1. The minimum Gasteiger partial charge on any atom is -0.208 e. The fraction of sp³-hybridized carbons (Fsp3) is 0. The highest BCUT2D eigenvalue weighted by molar-refractivity contribution is 6.28. The van der Waals surface area contributed by atoms with Crippen LogP contribution < -0.4 is 0 Å². The first-order chi connectivity index (χ1) is 14.3. The fourth-order valence-electron chi connectivity index (χ4n) is 3.47. The highest BCUT2D eigenvalue weighted by atomic mass is 35.5. The lowest BCUT2D eigenvalue weighted by Gasteiger charge is -2.12. The average molecular weight is 394 g/mol. The number of hydrogen-bond acceptors (Lipinski definition) is 3. The summed E-state index contributed by atoms with van der Waals surface area (Å²) in [4.78, 5) is 13.6. The highest BCUT2D eigenvalue weighted by Gasteiger charge is 2.15. The van der Waals surface area contributed by atoms with Crippen LogP contribution in [0.1, 0.15) is 0 Å². The first-order valence-corrected chi connectivity index (χ1v) is 9.71. The number of rotatable bonds is 3. The Morgan fingerprint density at radius 1 is 0.483 bits per heavy atom. The van der Waals surface area contributed by atoms with Crippen molar-refractivity contribution in [3.63, 3.8) is 0 Å². The van der Waals surface area contributed by atoms with E-state index in [1.54, 1.807) is 0 Å². The second kappa shape index (κ2) is 7.46. The molecule has 0 saturated heterocycles. The molecule has 0 unspecified atom stereocenters. The molecule has 0 bridgehead atoms. The highest BCUT2D eigenvalue weighted by Crippen LogP contribution is 2.35. The molecule has 0 atom stereocenters. The summed E-state index contributed by atoms with van der Waals surface area (Å²) >= 11 is 6.30. The number of aromatic nitrogens is 3. The van der Waals surface area contributed by atoms with Gasteiger partial charge in [0.2, 0.25) is 5.28 Å². The number of nitrogens with zero attached hydrogens (tertiary/aromatic N) is 3. The van der Waals surface area contributed by atoms with Crippen LogP contribution in [0.3, 0.4) is 0 Å². The quantitative estimate of drug-likeness (QED) is 0.343. The molecule has 138 valence electrons. The molecule has 3 nitrogen and oxygen atoms in total. The van der Waals surface area contributed by atoms with E-state index >= 15 is 0 Å². The van der Waals surface area contributed by atoms with E-state index in [1.165, 1.54) is 5.39 Å². The first kappa shape index (κ1) is 17.5. The Morgan fingerprint density at radius 2 is 1.00 bits per heavy atom. The van der Waals surface area contributed by atoms with E-state index in [9.17, 15) is 0 Å². The lowest BCUT2D eigenvalue weighted by atomic mass is 9.95. The van der Waals surface area contributed by atoms with Gasteiger partial charge in [-0.1, -0.05) is 84.9 Å². The van der Waals surface area contributed by atoms with Crippen LogP contribution in [0.2, 0.25) is 5.28 Å². The molecule has 5 aromatic rings. The van der Waals surface area contributed by atoms with E-state index in [0.29, 0.717) is 11.6 Å². The van der Waals surface area contributed by atoms with Crippen LogP contribution in [0.15, 0.2) is 97.1 Å². The van der Waals surface area contributed by atoms with Gasteiger partial charge in [0.15, 0.2) is 11.6 Å². The zero-order valence-electron chi connectivity index (χ0n) is 15.5. The average Bonchev–Trinajstić information content (AvgIpc) is 2.79. The summed E-state index contributed by atoms with van der Waals surface area (Å²) in [6.45, 7) is 0. The summed E-state index contributed by atoms with van der Waals surface area (Å²) in [5.74, 6) is 1.13. The molecule has 0 fully saturated rings. The van der Waals surface area contributed by atoms with Crippen molar-refractivity contribution in [2.75, 3.05) is 0 Å². The largest absolute Gasteiger partial charge is 0.226 e. The van der Waals surface area contributed by atoms with E-state index in [-0.39, 0.29) is 5.28 Å². The van der Waals surface area contributed by atoms with Crippen molar-refractivity contribution in [2.24, 2.45) is 0 Å². The van der Waals surface area contributed by atoms with Gasteiger partial charge in [0.1, 0.15) is 0 Å². The summed E-state index contributed by atoms with van der Waals surface area (Å²) in [7, 11) is 0. The molecule has 4 aromatic carbocycles. The van der Waals surface area contributed by atoms with Crippen molar-refractivity contribution in [2.45, 2.75) is 0 Å². The third kappa shape index (κ3) is 3.48. The molecular formula is C25H16ClN3. The predicted molar refractivity (Wildman–Crippen MR) is 119 cm³/mol. The molecule has 0 aliphatic heterocycles. The molecule has 1 heterocycles. The normalized spacial score (nSPS) is 10.9. The van der Waals surface area contributed by atoms with E-state index in [1.807, 2.05) is 60.7 Å². The van der Waals surface area contributed by atoms with Gasteiger partial charge in [0.05, 0.1) is 0 Å². The smallest absolute Gasteiger partial charge is 0.208 e. The van der Waals surface area contributed by atoms with Crippen LogP contribution in [0.4, 0.5) is 0 Å².